The van der Waals surface area contributed by atoms with Gasteiger partial charge in [-0.05, 0) is 24.3 Å². The first-order chi connectivity index (χ1) is 8.86. The molecule has 3 aromatic rings. The Labute approximate surface area is 108 Å². The van der Waals surface area contributed by atoms with Crippen molar-refractivity contribution in [1.82, 2.24) is 20.2 Å². The van der Waals surface area contributed by atoms with Crippen LogP contribution in [0, 0.1) is 0 Å². The van der Waals surface area contributed by atoms with Gasteiger partial charge in [0.15, 0.2) is 10.8 Å². The van der Waals surface area contributed by atoms with Crippen molar-refractivity contribution in [3.8, 4) is 27.8 Å². The molecule has 90 valence electrons. The Morgan fingerprint density at radius 1 is 1.22 bits per heavy atom. The van der Waals surface area contributed by atoms with Crippen molar-refractivity contribution >= 4 is 11.3 Å². The number of thiazole rings is 1. The second-order valence-corrected chi connectivity index (χ2v) is 4.46. The predicted molar refractivity (Wildman–Crippen MR) is 69.5 cm³/mol. The Kier molecular flexibility index (Phi) is 2.77. The number of hydrogen-bond donors (Lipinski definition) is 1. The second-order valence-electron chi connectivity index (χ2n) is 3.60. The molecular weight excluding hydrogens is 248 g/mol. The number of nitrogens with one attached hydrogen (secondary N) is 1. The maximum Gasteiger partial charge on any atom is 0.184 e. The Morgan fingerprint density at radius 2 is 2.06 bits per heavy atom. The molecule has 1 N–H and O–H groups in total. The Bertz CT molecular complexity index is 630. The minimum Gasteiger partial charge on any atom is -0.497 e. The smallest absolute Gasteiger partial charge is 0.184 e. The molecular formula is C12H10N4OS. The van der Waals surface area contributed by atoms with Gasteiger partial charge in [0.2, 0.25) is 0 Å². The van der Waals surface area contributed by atoms with E-state index in [9.17, 15) is 0 Å². The van der Waals surface area contributed by atoms with Gasteiger partial charge < -0.3 is 4.74 Å². The van der Waals surface area contributed by atoms with E-state index in [2.05, 4.69) is 20.2 Å². The summed E-state index contributed by atoms with van der Waals surface area (Å²) in [6, 6.07) is 7.81. The number of nitrogens with zero attached hydrogens (tertiary/aromatic N) is 3. The highest BCUT2D eigenvalue weighted by Gasteiger charge is 2.08. The fourth-order valence-corrected chi connectivity index (χ4v) is 2.36. The largest absolute Gasteiger partial charge is 0.497 e. The maximum absolute atomic E-state index is 5.13. The lowest BCUT2D eigenvalue weighted by atomic mass is 10.2. The average molecular weight is 258 g/mol. The lowest BCUT2D eigenvalue weighted by Gasteiger charge is -2.00. The normalized spacial score (nSPS) is 10.5. The molecule has 0 radical (unpaired) electrons. The summed E-state index contributed by atoms with van der Waals surface area (Å²) in [6.45, 7) is 0. The number of methoxy groups -OCH3 is 1. The van der Waals surface area contributed by atoms with Crippen LogP contribution in [0.1, 0.15) is 0 Å². The standard InChI is InChI=1S/C12H10N4OS/c1-17-9-4-2-8(3-5-9)10-6-18-12(15-10)11-13-7-14-16-11/h2-7H,1H3,(H,13,14,16). The lowest BCUT2D eigenvalue weighted by Crippen LogP contribution is -1.83. The zero-order valence-electron chi connectivity index (χ0n) is 9.62. The van der Waals surface area contributed by atoms with E-state index >= 15 is 0 Å². The molecule has 0 aliphatic carbocycles. The Balaban J connectivity index is 1.92. The summed E-state index contributed by atoms with van der Waals surface area (Å²) in [7, 11) is 1.65. The Hall–Kier alpha value is -2.21. The number of benzene rings is 1. The molecule has 18 heavy (non-hydrogen) atoms. The number of aromatic amines is 1. The highest BCUT2D eigenvalue weighted by molar-refractivity contribution is 7.13. The van der Waals surface area contributed by atoms with Gasteiger partial charge in [0.05, 0.1) is 12.8 Å². The monoisotopic (exact) mass is 258 g/mol. The summed E-state index contributed by atoms with van der Waals surface area (Å²) in [5.41, 5.74) is 1.98. The highest BCUT2D eigenvalue weighted by atomic mass is 32.1. The molecule has 0 spiro atoms. The van der Waals surface area contributed by atoms with Crippen LogP contribution in [0.5, 0.6) is 5.75 Å². The molecule has 0 atom stereocenters. The molecule has 0 aliphatic rings. The molecule has 3 rings (SSSR count). The van der Waals surface area contributed by atoms with Gasteiger partial charge in [0.1, 0.15) is 12.1 Å². The quantitative estimate of drug-likeness (QED) is 0.784. The fourth-order valence-electron chi connectivity index (χ4n) is 1.59. The Morgan fingerprint density at radius 3 is 2.72 bits per heavy atom. The molecule has 0 saturated heterocycles. The molecule has 0 aliphatic heterocycles. The van der Waals surface area contributed by atoms with Crippen LogP contribution in [0.15, 0.2) is 36.0 Å². The molecule has 0 fully saturated rings. The SMILES string of the molecule is COc1ccc(-c2csc(-c3ncn[nH]3)n2)cc1. The van der Waals surface area contributed by atoms with Gasteiger partial charge in [-0.15, -0.1) is 11.3 Å². The zero-order chi connectivity index (χ0) is 12.4. The molecule has 0 unspecified atom stereocenters. The minimum absolute atomic E-state index is 0.694. The van der Waals surface area contributed by atoms with Crippen molar-refractivity contribution in [3.63, 3.8) is 0 Å². The zero-order valence-corrected chi connectivity index (χ0v) is 10.4. The van der Waals surface area contributed by atoms with Crippen LogP contribution in [-0.4, -0.2) is 27.3 Å². The first-order valence-corrected chi connectivity index (χ1v) is 6.20. The first-order valence-electron chi connectivity index (χ1n) is 5.32. The summed E-state index contributed by atoms with van der Waals surface area (Å²) in [5.74, 6) is 1.53. The minimum atomic E-state index is 0.694. The third-order valence-corrected chi connectivity index (χ3v) is 3.36. The van der Waals surface area contributed by atoms with Gasteiger partial charge in [0.25, 0.3) is 0 Å². The average Bonchev–Trinajstić information content (AvgIpc) is 3.09. The number of H-pyrrole nitrogens is 1. The van der Waals surface area contributed by atoms with Crippen LogP contribution in [0.3, 0.4) is 0 Å². The van der Waals surface area contributed by atoms with Gasteiger partial charge in [0, 0.05) is 10.9 Å². The molecule has 5 nitrogen and oxygen atoms in total. The molecule has 0 bridgehead atoms. The summed E-state index contributed by atoms with van der Waals surface area (Å²) in [6.07, 6.45) is 1.48. The summed E-state index contributed by atoms with van der Waals surface area (Å²) >= 11 is 1.54. The van der Waals surface area contributed by atoms with Crippen LogP contribution < -0.4 is 4.74 Å². The van der Waals surface area contributed by atoms with Crippen LogP contribution in [0.25, 0.3) is 22.1 Å². The molecule has 2 heterocycles. The number of hydrogen-bond acceptors (Lipinski definition) is 5. The van der Waals surface area contributed by atoms with E-state index in [1.807, 2.05) is 29.6 Å². The summed E-state index contributed by atoms with van der Waals surface area (Å²) in [4.78, 5) is 8.60. The predicted octanol–water partition coefficient (Wildman–Crippen LogP) is 2.60. The molecule has 0 amide bonds. The first kappa shape index (κ1) is 10.9. The summed E-state index contributed by atoms with van der Waals surface area (Å²) in [5, 5.41) is 9.45. The highest BCUT2D eigenvalue weighted by Crippen LogP contribution is 2.27. The van der Waals surface area contributed by atoms with Gasteiger partial charge in [-0.1, -0.05) is 0 Å². The molecule has 6 heteroatoms. The van der Waals surface area contributed by atoms with Crippen molar-refractivity contribution in [2.75, 3.05) is 7.11 Å². The number of ether oxygens (including phenoxy) is 1. The van der Waals surface area contributed by atoms with E-state index in [1.165, 1.54) is 17.7 Å². The lowest BCUT2D eigenvalue weighted by molar-refractivity contribution is 0.415. The third kappa shape index (κ3) is 1.98. The van der Waals surface area contributed by atoms with Crippen LogP contribution >= 0.6 is 11.3 Å². The van der Waals surface area contributed by atoms with Crippen LogP contribution in [-0.2, 0) is 0 Å². The van der Waals surface area contributed by atoms with Crippen LogP contribution in [0.4, 0.5) is 0 Å². The van der Waals surface area contributed by atoms with Crippen LogP contribution in [0.2, 0.25) is 0 Å². The van der Waals surface area contributed by atoms with Crippen molar-refractivity contribution in [2.45, 2.75) is 0 Å². The van der Waals surface area contributed by atoms with Gasteiger partial charge >= 0.3 is 0 Å². The van der Waals surface area contributed by atoms with Gasteiger partial charge in [-0.2, -0.15) is 5.10 Å². The summed E-state index contributed by atoms with van der Waals surface area (Å²) < 4.78 is 5.13. The van der Waals surface area contributed by atoms with E-state index in [0.717, 1.165) is 22.0 Å². The molecule has 1 aromatic carbocycles. The number of rotatable bonds is 3. The van der Waals surface area contributed by atoms with E-state index in [-0.39, 0.29) is 0 Å². The van der Waals surface area contributed by atoms with Crippen molar-refractivity contribution in [3.05, 3.63) is 36.0 Å². The van der Waals surface area contributed by atoms with E-state index in [1.54, 1.807) is 7.11 Å². The van der Waals surface area contributed by atoms with Gasteiger partial charge in [-0.25, -0.2) is 9.97 Å². The number of aromatic nitrogens is 4. The molecule has 2 aromatic heterocycles. The third-order valence-electron chi connectivity index (χ3n) is 2.51. The van der Waals surface area contributed by atoms with Gasteiger partial charge in [-0.3, -0.25) is 5.10 Å². The van der Waals surface area contributed by atoms with Crippen molar-refractivity contribution in [2.24, 2.45) is 0 Å². The van der Waals surface area contributed by atoms with E-state index in [4.69, 9.17) is 4.74 Å². The maximum atomic E-state index is 5.13. The van der Waals surface area contributed by atoms with Crippen molar-refractivity contribution in [1.29, 1.82) is 0 Å². The van der Waals surface area contributed by atoms with E-state index in [0.29, 0.717) is 5.82 Å². The molecule has 0 saturated carbocycles. The fraction of sp³-hybridized carbons (Fsp3) is 0.0833. The topological polar surface area (TPSA) is 63.7 Å². The van der Waals surface area contributed by atoms with Crippen molar-refractivity contribution < 1.29 is 4.74 Å². The second kappa shape index (κ2) is 4.58. The van der Waals surface area contributed by atoms with E-state index < -0.39 is 0 Å².